The smallest absolute Gasteiger partial charge is 0.325 e. The van der Waals surface area contributed by atoms with Gasteiger partial charge in [0.2, 0.25) is 0 Å². The molecule has 1 aromatic heterocycles. The molecule has 0 spiro atoms. The maximum absolute atomic E-state index is 11.8. The molecule has 1 aromatic carbocycles. The van der Waals surface area contributed by atoms with Gasteiger partial charge in [-0.05, 0) is 0 Å². The summed E-state index contributed by atoms with van der Waals surface area (Å²) < 4.78 is 0.633. The molecule has 2 rings (SSSR count). The van der Waals surface area contributed by atoms with Crippen molar-refractivity contribution in [2.24, 2.45) is 0 Å². The van der Waals surface area contributed by atoms with Crippen LogP contribution in [0, 0.1) is 0 Å². The van der Waals surface area contributed by atoms with Crippen LogP contribution in [-0.4, -0.2) is 32.2 Å². The molecule has 0 saturated carbocycles. The SMILES string of the molecule is O=Cc1c(O)c(-c2ccccc2)nn(CC(=O)O)c1=O. The van der Waals surface area contributed by atoms with Crippen LogP contribution in [0.4, 0.5) is 0 Å². The molecule has 0 aliphatic rings. The van der Waals surface area contributed by atoms with Gasteiger partial charge in [0.05, 0.1) is 0 Å². The summed E-state index contributed by atoms with van der Waals surface area (Å²) >= 11 is 0. The first-order chi connectivity index (χ1) is 9.54. The number of carboxylic acids is 1. The van der Waals surface area contributed by atoms with Crippen LogP contribution in [0.3, 0.4) is 0 Å². The first-order valence-electron chi connectivity index (χ1n) is 5.61. The predicted octanol–water partition coefficient (Wildman–Crippen LogP) is 0.513. The van der Waals surface area contributed by atoms with E-state index in [0.29, 0.717) is 10.2 Å². The lowest BCUT2D eigenvalue weighted by molar-refractivity contribution is -0.138. The summed E-state index contributed by atoms with van der Waals surface area (Å²) in [5.41, 5.74) is -1.01. The third-order valence-electron chi connectivity index (χ3n) is 2.62. The summed E-state index contributed by atoms with van der Waals surface area (Å²) in [4.78, 5) is 33.4. The fraction of sp³-hybridized carbons (Fsp3) is 0.0769. The number of carbonyl (C=O) groups excluding carboxylic acids is 1. The second-order valence-electron chi connectivity index (χ2n) is 3.95. The van der Waals surface area contributed by atoms with Crippen molar-refractivity contribution in [2.75, 3.05) is 0 Å². The molecule has 0 radical (unpaired) electrons. The van der Waals surface area contributed by atoms with E-state index in [1.165, 1.54) is 0 Å². The third-order valence-corrected chi connectivity index (χ3v) is 2.62. The molecule has 102 valence electrons. The van der Waals surface area contributed by atoms with E-state index in [4.69, 9.17) is 5.11 Å². The highest BCUT2D eigenvalue weighted by molar-refractivity contribution is 5.83. The number of aromatic hydroxyl groups is 1. The molecule has 0 aliphatic carbocycles. The van der Waals surface area contributed by atoms with E-state index < -0.39 is 29.4 Å². The van der Waals surface area contributed by atoms with Gasteiger partial charge in [-0.3, -0.25) is 14.4 Å². The quantitative estimate of drug-likeness (QED) is 0.786. The summed E-state index contributed by atoms with van der Waals surface area (Å²) in [5, 5.41) is 22.5. The Labute approximate surface area is 112 Å². The zero-order valence-electron chi connectivity index (χ0n) is 10.2. The van der Waals surface area contributed by atoms with Gasteiger partial charge in [-0.1, -0.05) is 30.3 Å². The van der Waals surface area contributed by atoms with Gasteiger partial charge in [-0.15, -0.1) is 0 Å². The normalized spacial score (nSPS) is 10.2. The first-order valence-corrected chi connectivity index (χ1v) is 5.61. The molecule has 20 heavy (non-hydrogen) atoms. The molecular weight excluding hydrogens is 264 g/mol. The third kappa shape index (κ3) is 2.41. The second kappa shape index (κ2) is 5.35. The topological polar surface area (TPSA) is 109 Å². The molecule has 0 aliphatic heterocycles. The minimum atomic E-state index is -1.28. The minimum absolute atomic E-state index is 0.0199. The van der Waals surface area contributed by atoms with Crippen molar-refractivity contribution < 1.29 is 19.8 Å². The van der Waals surface area contributed by atoms with Gasteiger partial charge in [0.25, 0.3) is 5.56 Å². The Balaban J connectivity index is 2.72. The number of aldehydes is 1. The Hall–Kier alpha value is -2.96. The average molecular weight is 274 g/mol. The molecule has 0 atom stereocenters. The average Bonchev–Trinajstić information content (AvgIpc) is 2.43. The van der Waals surface area contributed by atoms with E-state index in [9.17, 15) is 19.5 Å². The molecule has 0 saturated heterocycles. The van der Waals surface area contributed by atoms with Crippen molar-refractivity contribution in [3.8, 4) is 17.0 Å². The van der Waals surface area contributed by atoms with E-state index in [2.05, 4.69) is 5.10 Å². The van der Waals surface area contributed by atoms with E-state index >= 15 is 0 Å². The number of benzene rings is 1. The zero-order valence-corrected chi connectivity index (χ0v) is 10.2. The Kier molecular flexibility index (Phi) is 3.60. The van der Waals surface area contributed by atoms with Gasteiger partial charge in [0.1, 0.15) is 17.8 Å². The highest BCUT2D eigenvalue weighted by atomic mass is 16.4. The minimum Gasteiger partial charge on any atom is -0.505 e. The molecule has 0 unspecified atom stereocenters. The number of aromatic nitrogens is 2. The Bertz CT molecular complexity index is 722. The number of nitrogens with zero attached hydrogens (tertiary/aromatic N) is 2. The second-order valence-corrected chi connectivity index (χ2v) is 3.95. The lowest BCUT2D eigenvalue weighted by atomic mass is 10.1. The van der Waals surface area contributed by atoms with Crippen molar-refractivity contribution in [1.82, 2.24) is 9.78 Å². The summed E-state index contributed by atoms with van der Waals surface area (Å²) in [5.74, 6) is -1.83. The monoisotopic (exact) mass is 274 g/mol. The van der Waals surface area contributed by atoms with Crippen LogP contribution >= 0.6 is 0 Å². The molecule has 2 N–H and O–H groups in total. The van der Waals surface area contributed by atoms with Crippen molar-refractivity contribution in [3.63, 3.8) is 0 Å². The summed E-state index contributed by atoms with van der Waals surface area (Å²) in [7, 11) is 0. The van der Waals surface area contributed by atoms with Crippen LogP contribution in [0.25, 0.3) is 11.3 Å². The molecular formula is C13H10N2O5. The maximum Gasteiger partial charge on any atom is 0.325 e. The van der Waals surface area contributed by atoms with Crippen LogP contribution in [-0.2, 0) is 11.3 Å². The molecule has 1 heterocycles. The van der Waals surface area contributed by atoms with Gasteiger partial charge in [-0.2, -0.15) is 5.10 Å². The van der Waals surface area contributed by atoms with Crippen molar-refractivity contribution in [1.29, 1.82) is 0 Å². The van der Waals surface area contributed by atoms with Crippen LogP contribution in [0.5, 0.6) is 5.75 Å². The van der Waals surface area contributed by atoms with Crippen LogP contribution < -0.4 is 5.56 Å². The molecule has 7 nitrogen and oxygen atoms in total. The van der Waals surface area contributed by atoms with Gasteiger partial charge in [0, 0.05) is 5.56 Å². The maximum atomic E-state index is 11.8. The van der Waals surface area contributed by atoms with Crippen molar-refractivity contribution in [3.05, 3.63) is 46.2 Å². The number of hydrogen-bond donors (Lipinski definition) is 2. The number of carbonyl (C=O) groups is 2. The highest BCUT2D eigenvalue weighted by Gasteiger charge is 2.18. The number of carboxylic acid groups (broad SMARTS) is 1. The van der Waals surface area contributed by atoms with Gasteiger partial charge in [-0.25, -0.2) is 4.68 Å². The van der Waals surface area contributed by atoms with Crippen molar-refractivity contribution >= 4 is 12.3 Å². The molecule has 0 bridgehead atoms. The van der Waals surface area contributed by atoms with Crippen LogP contribution in [0.2, 0.25) is 0 Å². The molecule has 0 fully saturated rings. The predicted molar refractivity (Wildman–Crippen MR) is 68.6 cm³/mol. The largest absolute Gasteiger partial charge is 0.505 e. The Morgan fingerprint density at radius 3 is 2.50 bits per heavy atom. The number of aliphatic carboxylic acids is 1. The van der Waals surface area contributed by atoms with Gasteiger partial charge >= 0.3 is 5.97 Å². The van der Waals surface area contributed by atoms with E-state index in [1.807, 2.05) is 0 Å². The number of rotatable bonds is 4. The van der Waals surface area contributed by atoms with Gasteiger partial charge < -0.3 is 10.2 Å². The molecule has 7 heteroatoms. The Morgan fingerprint density at radius 1 is 1.30 bits per heavy atom. The molecule has 0 amide bonds. The standard InChI is InChI=1S/C13H10N2O5/c16-7-9-12(19)11(8-4-2-1-3-5-8)14-15(13(9)20)6-10(17)18/h1-5,7,19H,6H2,(H,17,18). The van der Waals surface area contributed by atoms with E-state index in [-0.39, 0.29) is 12.0 Å². The number of hydrogen-bond acceptors (Lipinski definition) is 5. The van der Waals surface area contributed by atoms with E-state index in [1.54, 1.807) is 30.3 Å². The molecule has 2 aromatic rings. The van der Waals surface area contributed by atoms with E-state index in [0.717, 1.165) is 0 Å². The summed E-state index contributed by atoms with van der Waals surface area (Å²) in [6.45, 7) is -0.695. The highest BCUT2D eigenvalue weighted by Crippen LogP contribution is 2.27. The van der Waals surface area contributed by atoms with Crippen LogP contribution in [0.1, 0.15) is 10.4 Å². The first kappa shape index (κ1) is 13.5. The zero-order chi connectivity index (χ0) is 14.7. The fourth-order valence-corrected chi connectivity index (χ4v) is 1.71. The lowest BCUT2D eigenvalue weighted by Gasteiger charge is -2.09. The van der Waals surface area contributed by atoms with Crippen molar-refractivity contribution in [2.45, 2.75) is 6.54 Å². The Morgan fingerprint density at radius 2 is 1.95 bits per heavy atom. The van der Waals surface area contributed by atoms with Gasteiger partial charge in [0.15, 0.2) is 12.0 Å². The summed E-state index contributed by atoms with van der Waals surface area (Å²) in [6.07, 6.45) is 0.185. The van der Waals surface area contributed by atoms with Crippen LogP contribution in [0.15, 0.2) is 35.1 Å². The lowest BCUT2D eigenvalue weighted by Crippen LogP contribution is -2.29. The fourth-order valence-electron chi connectivity index (χ4n) is 1.71. The summed E-state index contributed by atoms with van der Waals surface area (Å²) in [6, 6.07) is 8.35.